The third kappa shape index (κ3) is 2.16. The lowest BCUT2D eigenvalue weighted by atomic mass is 10.0. The van der Waals surface area contributed by atoms with Crippen LogP contribution < -0.4 is 5.73 Å². The lowest BCUT2D eigenvalue weighted by Crippen LogP contribution is -1.88. The van der Waals surface area contributed by atoms with E-state index in [1.807, 2.05) is 31.2 Å². The minimum Gasteiger partial charge on any atom is -0.367 e. The molecule has 0 unspecified atom stereocenters. The third-order valence-electron chi connectivity index (χ3n) is 3.18. The van der Waals surface area contributed by atoms with Crippen molar-refractivity contribution in [1.29, 1.82) is 0 Å². The summed E-state index contributed by atoms with van der Waals surface area (Å²) in [5, 5.41) is 4.02. The normalized spacial score (nSPS) is 10.7. The Bertz CT molecular complexity index is 730. The second kappa shape index (κ2) is 4.81. The Morgan fingerprint density at radius 3 is 2.20 bits per heavy atom. The molecule has 0 saturated heterocycles. The van der Waals surface area contributed by atoms with Gasteiger partial charge in [0.25, 0.3) is 0 Å². The monoisotopic (exact) mass is 268 g/mol. The Balaban J connectivity index is 2.14. The first-order valence-corrected chi connectivity index (χ1v) is 6.23. The van der Waals surface area contributed by atoms with E-state index in [4.69, 9.17) is 10.3 Å². The van der Waals surface area contributed by atoms with Gasteiger partial charge in [-0.05, 0) is 24.6 Å². The molecule has 100 valence electrons. The molecule has 0 amide bonds. The molecule has 0 aliphatic heterocycles. The van der Waals surface area contributed by atoms with Gasteiger partial charge in [-0.25, -0.2) is 4.39 Å². The molecule has 0 saturated carbocycles. The topological polar surface area (TPSA) is 52.0 Å². The molecule has 20 heavy (non-hydrogen) atoms. The molecular formula is C16H13FN2O. The number of anilines is 1. The zero-order valence-corrected chi connectivity index (χ0v) is 10.9. The molecule has 4 heteroatoms. The van der Waals surface area contributed by atoms with Gasteiger partial charge in [0, 0.05) is 5.56 Å². The Morgan fingerprint density at radius 1 is 0.950 bits per heavy atom. The average molecular weight is 268 g/mol. The highest BCUT2D eigenvalue weighted by atomic mass is 19.1. The molecule has 2 N–H and O–H groups in total. The van der Waals surface area contributed by atoms with Gasteiger partial charge in [-0.15, -0.1) is 0 Å². The number of hydrogen-bond donors (Lipinski definition) is 1. The smallest absolute Gasteiger partial charge is 0.230 e. The summed E-state index contributed by atoms with van der Waals surface area (Å²) in [7, 11) is 0. The van der Waals surface area contributed by atoms with Gasteiger partial charge in [0.15, 0.2) is 0 Å². The quantitative estimate of drug-likeness (QED) is 0.763. The third-order valence-corrected chi connectivity index (χ3v) is 3.18. The van der Waals surface area contributed by atoms with Crippen LogP contribution >= 0.6 is 0 Å². The van der Waals surface area contributed by atoms with Crippen LogP contribution in [0.15, 0.2) is 53.1 Å². The van der Waals surface area contributed by atoms with Crippen LogP contribution in [0.1, 0.15) is 5.56 Å². The number of nitrogens with zero attached hydrogens (tertiary/aromatic N) is 1. The maximum Gasteiger partial charge on any atom is 0.230 e. The van der Waals surface area contributed by atoms with Crippen molar-refractivity contribution in [3.05, 3.63) is 59.9 Å². The van der Waals surface area contributed by atoms with Gasteiger partial charge in [0.1, 0.15) is 11.5 Å². The number of hydrogen-bond acceptors (Lipinski definition) is 3. The van der Waals surface area contributed by atoms with E-state index in [0.717, 1.165) is 16.7 Å². The van der Waals surface area contributed by atoms with Crippen molar-refractivity contribution in [3.8, 4) is 22.4 Å². The van der Waals surface area contributed by atoms with E-state index in [-0.39, 0.29) is 11.7 Å². The summed E-state index contributed by atoms with van der Waals surface area (Å²) in [6.07, 6.45) is 0. The first-order chi connectivity index (χ1) is 9.65. The first kappa shape index (κ1) is 12.4. The highest BCUT2D eigenvalue weighted by Gasteiger charge is 2.17. The number of halogens is 1. The van der Waals surface area contributed by atoms with Gasteiger partial charge in [-0.1, -0.05) is 47.1 Å². The van der Waals surface area contributed by atoms with Crippen molar-refractivity contribution in [2.75, 3.05) is 5.73 Å². The summed E-state index contributed by atoms with van der Waals surface area (Å²) in [6, 6.07) is 14.0. The van der Waals surface area contributed by atoms with Crippen LogP contribution in [0.5, 0.6) is 0 Å². The Labute approximate surface area is 115 Å². The number of rotatable bonds is 2. The Hall–Kier alpha value is -2.62. The fourth-order valence-electron chi connectivity index (χ4n) is 2.11. The summed E-state index contributed by atoms with van der Waals surface area (Å²) in [5.41, 5.74) is 10.1. The molecule has 2 aromatic carbocycles. The highest BCUT2D eigenvalue weighted by Crippen LogP contribution is 2.36. The average Bonchev–Trinajstić information content (AvgIpc) is 2.83. The van der Waals surface area contributed by atoms with Gasteiger partial charge in [-0.2, -0.15) is 0 Å². The van der Waals surface area contributed by atoms with E-state index in [1.54, 1.807) is 12.1 Å². The largest absolute Gasteiger partial charge is 0.367 e. The van der Waals surface area contributed by atoms with E-state index in [0.29, 0.717) is 11.3 Å². The highest BCUT2D eigenvalue weighted by molar-refractivity contribution is 5.86. The predicted molar refractivity (Wildman–Crippen MR) is 76.5 cm³/mol. The predicted octanol–water partition coefficient (Wildman–Crippen LogP) is 4.04. The van der Waals surface area contributed by atoms with Crippen LogP contribution in [0.3, 0.4) is 0 Å². The van der Waals surface area contributed by atoms with Crippen LogP contribution in [0.25, 0.3) is 22.4 Å². The molecule has 0 radical (unpaired) electrons. The number of nitrogen functional groups attached to an aromatic ring is 1. The van der Waals surface area contributed by atoms with Crippen molar-refractivity contribution in [1.82, 2.24) is 5.16 Å². The fraction of sp³-hybridized carbons (Fsp3) is 0.0625. The van der Waals surface area contributed by atoms with Gasteiger partial charge in [0.2, 0.25) is 5.88 Å². The van der Waals surface area contributed by atoms with E-state index < -0.39 is 0 Å². The molecular weight excluding hydrogens is 255 g/mol. The van der Waals surface area contributed by atoms with Gasteiger partial charge in [0.05, 0.1) is 5.56 Å². The minimum atomic E-state index is -0.291. The molecule has 0 fully saturated rings. The Kier molecular flexibility index (Phi) is 2.99. The van der Waals surface area contributed by atoms with E-state index in [9.17, 15) is 4.39 Å². The summed E-state index contributed by atoms with van der Waals surface area (Å²) < 4.78 is 18.1. The van der Waals surface area contributed by atoms with Crippen molar-refractivity contribution < 1.29 is 8.91 Å². The molecule has 0 aliphatic carbocycles. The number of aromatic nitrogens is 1. The zero-order chi connectivity index (χ0) is 14.1. The molecule has 0 spiro atoms. The lowest BCUT2D eigenvalue weighted by Gasteiger charge is -2.03. The second-order valence-corrected chi connectivity index (χ2v) is 4.64. The standard InChI is InChI=1S/C16H13FN2O/c1-10-2-4-12(5-3-10)15-14(16(18)20-19-15)11-6-8-13(17)9-7-11/h2-9H,18H2,1H3. The first-order valence-electron chi connectivity index (χ1n) is 6.23. The Morgan fingerprint density at radius 2 is 1.55 bits per heavy atom. The van der Waals surface area contributed by atoms with E-state index >= 15 is 0 Å². The molecule has 3 nitrogen and oxygen atoms in total. The minimum absolute atomic E-state index is 0.229. The van der Waals surface area contributed by atoms with Crippen LogP contribution in [-0.2, 0) is 0 Å². The summed E-state index contributed by atoms with van der Waals surface area (Å²) in [4.78, 5) is 0. The number of benzene rings is 2. The van der Waals surface area contributed by atoms with Crippen molar-refractivity contribution >= 4 is 5.88 Å². The van der Waals surface area contributed by atoms with Crippen molar-refractivity contribution in [3.63, 3.8) is 0 Å². The molecule has 1 aromatic heterocycles. The number of nitrogens with two attached hydrogens (primary N) is 1. The maximum atomic E-state index is 13.0. The van der Waals surface area contributed by atoms with E-state index in [2.05, 4.69) is 5.16 Å². The second-order valence-electron chi connectivity index (χ2n) is 4.64. The molecule has 0 bridgehead atoms. The van der Waals surface area contributed by atoms with Crippen molar-refractivity contribution in [2.45, 2.75) is 6.92 Å². The fourth-order valence-corrected chi connectivity index (χ4v) is 2.11. The maximum absolute atomic E-state index is 13.0. The molecule has 0 atom stereocenters. The van der Waals surface area contributed by atoms with Crippen LogP contribution in [0.4, 0.5) is 10.3 Å². The SMILES string of the molecule is Cc1ccc(-c2noc(N)c2-c2ccc(F)cc2)cc1. The van der Waals surface area contributed by atoms with Crippen molar-refractivity contribution in [2.24, 2.45) is 0 Å². The summed E-state index contributed by atoms with van der Waals surface area (Å²) >= 11 is 0. The summed E-state index contributed by atoms with van der Waals surface area (Å²) in [5.74, 6) is -0.0622. The molecule has 0 aliphatic rings. The molecule has 1 heterocycles. The van der Waals surface area contributed by atoms with Crippen LogP contribution in [0, 0.1) is 12.7 Å². The molecule has 3 rings (SSSR count). The lowest BCUT2D eigenvalue weighted by molar-refractivity contribution is 0.439. The summed E-state index contributed by atoms with van der Waals surface area (Å²) in [6.45, 7) is 2.02. The van der Waals surface area contributed by atoms with Crippen LogP contribution in [-0.4, -0.2) is 5.16 Å². The van der Waals surface area contributed by atoms with Gasteiger partial charge in [-0.3, -0.25) is 0 Å². The van der Waals surface area contributed by atoms with Crippen LogP contribution in [0.2, 0.25) is 0 Å². The van der Waals surface area contributed by atoms with Gasteiger partial charge < -0.3 is 10.3 Å². The number of aryl methyl sites for hydroxylation is 1. The zero-order valence-electron chi connectivity index (χ0n) is 10.9. The van der Waals surface area contributed by atoms with E-state index in [1.165, 1.54) is 12.1 Å². The molecule has 3 aromatic rings. The van der Waals surface area contributed by atoms with Gasteiger partial charge >= 0.3 is 0 Å².